The van der Waals surface area contributed by atoms with E-state index in [9.17, 15) is 4.79 Å². The van der Waals surface area contributed by atoms with E-state index in [0.717, 1.165) is 5.56 Å². The van der Waals surface area contributed by atoms with Gasteiger partial charge in [0.25, 0.3) is 5.91 Å². The lowest BCUT2D eigenvalue weighted by atomic mass is 10.1. The molecule has 0 bridgehead atoms. The van der Waals surface area contributed by atoms with Crippen LogP contribution in [0.2, 0.25) is 0 Å². The van der Waals surface area contributed by atoms with Crippen molar-refractivity contribution in [2.45, 2.75) is 26.5 Å². The quantitative estimate of drug-likeness (QED) is 0.516. The van der Waals surface area contributed by atoms with E-state index in [0.29, 0.717) is 42.6 Å². The van der Waals surface area contributed by atoms with Gasteiger partial charge in [-0.3, -0.25) is 14.5 Å². The molecule has 0 spiro atoms. The summed E-state index contributed by atoms with van der Waals surface area (Å²) in [7, 11) is 1.57. The molecule has 0 aliphatic heterocycles. The Hall–Kier alpha value is -3.39. The third-order valence-corrected chi connectivity index (χ3v) is 4.20. The van der Waals surface area contributed by atoms with Crippen molar-refractivity contribution in [3.05, 3.63) is 66.1 Å². The lowest BCUT2D eigenvalue weighted by Crippen LogP contribution is -2.16. The van der Waals surface area contributed by atoms with E-state index in [-0.39, 0.29) is 12.0 Å². The summed E-state index contributed by atoms with van der Waals surface area (Å²) in [6.45, 7) is 5.25. The third-order valence-electron chi connectivity index (χ3n) is 4.20. The Morgan fingerprint density at radius 3 is 2.67 bits per heavy atom. The molecule has 8 heteroatoms. The average molecular weight is 410 g/mol. The third kappa shape index (κ3) is 6.05. The van der Waals surface area contributed by atoms with Gasteiger partial charge in [0, 0.05) is 30.7 Å². The summed E-state index contributed by atoms with van der Waals surface area (Å²) in [5, 5.41) is 7.22. The number of hydrogen-bond acceptors (Lipinski definition) is 6. The van der Waals surface area contributed by atoms with Crippen molar-refractivity contribution < 1.29 is 19.0 Å². The molecule has 0 atom stereocenters. The summed E-state index contributed by atoms with van der Waals surface area (Å²) in [5.74, 6) is 1.17. The second-order valence-electron chi connectivity index (χ2n) is 6.84. The lowest BCUT2D eigenvalue weighted by molar-refractivity contribution is 0.0549. The van der Waals surface area contributed by atoms with Crippen LogP contribution >= 0.6 is 0 Å². The smallest absolute Gasteiger partial charge is 0.260 e. The molecule has 3 aromatic rings. The predicted octanol–water partition coefficient (Wildman–Crippen LogP) is 3.39. The first-order valence-electron chi connectivity index (χ1n) is 9.71. The van der Waals surface area contributed by atoms with Crippen LogP contribution in [0.15, 0.2) is 55.0 Å². The molecule has 3 rings (SSSR count). The minimum absolute atomic E-state index is 0.115. The van der Waals surface area contributed by atoms with Crippen LogP contribution in [0.3, 0.4) is 0 Å². The lowest BCUT2D eigenvalue weighted by Gasteiger charge is -2.13. The Balaban J connectivity index is 1.67. The van der Waals surface area contributed by atoms with Gasteiger partial charge in [0.2, 0.25) is 0 Å². The standard InChI is InChI=1S/C22H26N4O4/c1-16(2)29-12-13-30-20-14-18(28-3)4-5-19(20)22(27)24-21-8-11-26(25-21)15-17-6-9-23-10-7-17/h4-11,14,16H,12-13,15H2,1-3H3,(H,24,25,27). The molecule has 0 unspecified atom stereocenters. The number of nitrogens with zero attached hydrogens (tertiary/aromatic N) is 3. The molecule has 2 heterocycles. The SMILES string of the molecule is COc1ccc(C(=O)Nc2ccn(Cc3ccncc3)n2)c(OCCOC(C)C)c1. The van der Waals surface area contributed by atoms with Gasteiger partial charge in [-0.2, -0.15) is 5.10 Å². The number of benzene rings is 1. The molecular formula is C22H26N4O4. The van der Waals surface area contributed by atoms with E-state index in [2.05, 4.69) is 15.4 Å². The first kappa shape index (κ1) is 21.3. The van der Waals surface area contributed by atoms with Gasteiger partial charge in [-0.1, -0.05) is 0 Å². The minimum Gasteiger partial charge on any atom is -0.497 e. The first-order chi connectivity index (χ1) is 14.5. The average Bonchev–Trinajstić information content (AvgIpc) is 3.18. The van der Waals surface area contributed by atoms with Crippen LogP contribution in [0.5, 0.6) is 11.5 Å². The Kier molecular flexibility index (Phi) is 7.40. The Morgan fingerprint density at radius 1 is 1.13 bits per heavy atom. The van der Waals surface area contributed by atoms with Crippen LogP contribution in [0.1, 0.15) is 29.8 Å². The van der Waals surface area contributed by atoms with Crippen molar-refractivity contribution in [3.8, 4) is 11.5 Å². The molecule has 1 aromatic carbocycles. The number of anilines is 1. The topological polar surface area (TPSA) is 87.5 Å². The number of nitrogens with one attached hydrogen (secondary N) is 1. The summed E-state index contributed by atoms with van der Waals surface area (Å²) in [5.41, 5.74) is 1.46. The molecule has 0 saturated heterocycles. The maximum Gasteiger partial charge on any atom is 0.260 e. The maximum absolute atomic E-state index is 12.8. The van der Waals surface area contributed by atoms with Gasteiger partial charge in [0.1, 0.15) is 18.1 Å². The highest BCUT2D eigenvalue weighted by atomic mass is 16.5. The maximum atomic E-state index is 12.8. The first-order valence-corrected chi connectivity index (χ1v) is 9.71. The van der Waals surface area contributed by atoms with E-state index in [4.69, 9.17) is 14.2 Å². The van der Waals surface area contributed by atoms with Gasteiger partial charge < -0.3 is 19.5 Å². The molecule has 0 fully saturated rings. The zero-order chi connectivity index (χ0) is 21.3. The number of hydrogen-bond donors (Lipinski definition) is 1. The summed E-state index contributed by atoms with van der Waals surface area (Å²) in [4.78, 5) is 16.8. The van der Waals surface area contributed by atoms with Crippen molar-refractivity contribution in [2.75, 3.05) is 25.6 Å². The molecule has 1 N–H and O–H groups in total. The molecule has 0 radical (unpaired) electrons. The molecule has 158 valence electrons. The van der Waals surface area contributed by atoms with Gasteiger partial charge in [0.05, 0.1) is 31.9 Å². The van der Waals surface area contributed by atoms with E-state index < -0.39 is 0 Å². The molecule has 2 aromatic heterocycles. The van der Waals surface area contributed by atoms with Crippen molar-refractivity contribution >= 4 is 11.7 Å². The Morgan fingerprint density at radius 2 is 1.93 bits per heavy atom. The molecule has 0 aliphatic rings. The van der Waals surface area contributed by atoms with Crippen LogP contribution in [0.25, 0.3) is 0 Å². The molecule has 0 saturated carbocycles. The van der Waals surface area contributed by atoms with Crippen LogP contribution in [0, 0.1) is 0 Å². The van der Waals surface area contributed by atoms with E-state index in [1.165, 1.54) is 0 Å². The second kappa shape index (κ2) is 10.4. The number of amides is 1. The fourth-order valence-corrected chi connectivity index (χ4v) is 2.75. The highest BCUT2D eigenvalue weighted by molar-refractivity contribution is 6.05. The molecule has 0 aliphatic carbocycles. The number of pyridine rings is 1. The van der Waals surface area contributed by atoms with Crippen LogP contribution in [0.4, 0.5) is 5.82 Å². The van der Waals surface area contributed by atoms with E-state index in [1.54, 1.807) is 48.5 Å². The number of carbonyl (C=O) groups excluding carboxylic acids is 1. The number of methoxy groups -OCH3 is 1. The van der Waals surface area contributed by atoms with Gasteiger partial charge >= 0.3 is 0 Å². The normalized spacial score (nSPS) is 10.8. The number of carbonyl (C=O) groups is 1. The Bertz CT molecular complexity index is 957. The number of ether oxygens (including phenoxy) is 3. The van der Waals surface area contributed by atoms with Crippen molar-refractivity contribution in [3.63, 3.8) is 0 Å². The largest absolute Gasteiger partial charge is 0.497 e. The summed E-state index contributed by atoms with van der Waals surface area (Å²) < 4.78 is 18.3. The van der Waals surface area contributed by atoms with E-state index in [1.807, 2.05) is 32.2 Å². The van der Waals surface area contributed by atoms with Crippen LogP contribution in [-0.2, 0) is 11.3 Å². The van der Waals surface area contributed by atoms with Crippen LogP contribution in [-0.4, -0.2) is 47.1 Å². The fourth-order valence-electron chi connectivity index (χ4n) is 2.75. The number of rotatable bonds is 10. The van der Waals surface area contributed by atoms with E-state index >= 15 is 0 Å². The summed E-state index contributed by atoms with van der Waals surface area (Å²) >= 11 is 0. The minimum atomic E-state index is -0.313. The summed E-state index contributed by atoms with van der Waals surface area (Å²) in [6.07, 6.45) is 5.40. The fraction of sp³-hybridized carbons (Fsp3) is 0.318. The van der Waals surface area contributed by atoms with Gasteiger partial charge in [-0.25, -0.2) is 0 Å². The van der Waals surface area contributed by atoms with Crippen molar-refractivity contribution in [2.24, 2.45) is 0 Å². The summed E-state index contributed by atoms with van der Waals surface area (Å²) in [6, 6.07) is 10.7. The predicted molar refractivity (Wildman–Crippen MR) is 113 cm³/mol. The van der Waals surface area contributed by atoms with Crippen LogP contribution < -0.4 is 14.8 Å². The molecule has 1 amide bonds. The van der Waals surface area contributed by atoms with Crippen molar-refractivity contribution in [1.82, 2.24) is 14.8 Å². The molecule has 8 nitrogen and oxygen atoms in total. The molecular weight excluding hydrogens is 384 g/mol. The van der Waals surface area contributed by atoms with Gasteiger partial charge in [0.15, 0.2) is 5.82 Å². The highest BCUT2D eigenvalue weighted by Crippen LogP contribution is 2.25. The molecule has 30 heavy (non-hydrogen) atoms. The van der Waals surface area contributed by atoms with Gasteiger partial charge in [-0.15, -0.1) is 0 Å². The zero-order valence-corrected chi connectivity index (χ0v) is 17.4. The Labute approximate surface area is 175 Å². The second-order valence-corrected chi connectivity index (χ2v) is 6.84. The van der Waals surface area contributed by atoms with Crippen molar-refractivity contribution in [1.29, 1.82) is 0 Å². The monoisotopic (exact) mass is 410 g/mol. The zero-order valence-electron chi connectivity index (χ0n) is 17.4. The van der Waals surface area contributed by atoms with Gasteiger partial charge in [-0.05, 0) is 43.7 Å². The highest BCUT2D eigenvalue weighted by Gasteiger charge is 2.15. The number of aromatic nitrogens is 3.